The zero-order valence-corrected chi connectivity index (χ0v) is 13.3. The molecule has 0 amide bonds. The fourth-order valence-electron chi connectivity index (χ4n) is 3.37. The predicted octanol–water partition coefficient (Wildman–Crippen LogP) is 1.88. The summed E-state index contributed by atoms with van der Waals surface area (Å²) in [6, 6.07) is 6.20. The number of hydrogen-bond acceptors (Lipinski definition) is 6. The predicted molar refractivity (Wildman–Crippen MR) is 87.1 cm³/mol. The van der Waals surface area contributed by atoms with E-state index in [2.05, 4.69) is 37.3 Å². The van der Waals surface area contributed by atoms with Gasteiger partial charge in [-0.25, -0.2) is 9.97 Å². The molecular weight excluding hydrogens is 296 g/mol. The Morgan fingerprint density at radius 2 is 2.09 bits per heavy atom. The van der Waals surface area contributed by atoms with E-state index in [0.29, 0.717) is 12.0 Å². The van der Waals surface area contributed by atoms with Gasteiger partial charge in [0.15, 0.2) is 0 Å². The number of nitrogens with zero attached hydrogens (tertiary/aromatic N) is 4. The first kappa shape index (κ1) is 14.1. The third-order valence-electron chi connectivity index (χ3n) is 4.40. The summed E-state index contributed by atoms with van der Waals surface area (Å²) in [5.74, 6) is 1.36. The Hall–Kier alpha value is -1.50. The summed E-state index contributed by atoms with van der Waals surface area (Å²) < 4.78 is 6.09. The highest BCUT2D eigenvalue weighted by Gasteiger charge is 2.36. The Morgan fingerprint density at radius 1 is 1.18 bits per heavy atom. The van der Waals surface area contributed by atoms with Gasteiger partial charge < -0.3 is 9.64 Å². The highest BCUT2D eigenvalue weighted by molar-refractivity contribution is 7.09. The Balaban J connectivity index is 1.43. The molecule has 2 fully saturated rings. The third kappa shape index (κ3) is 2.99. The largest absolute Gasteiger partial charge is 0.375 e. The van der Waals surface area contributed by atoms with Crippen LogP contribution >= 0.6 is 11.3 Å². The molecule has 2 aliphatic heterocycles. The molecule has 5 nitrogen and oxygen atoms in total. The maximum absolute atomic E-state index is 6.09. The van der Waals surface area contributed by atoms with Crippen molar-refractivity contribution in [3.05, 3.63) is 40.8 Å². The third-order valence-corrected chi connectivity index (χ3v) is 5.26. The van der Waals surface area contributed by atoms with Crippen molar-refractivity contribution >= 4 is 17.3 Å². The second-order valence-corrected chi connectivity index (χ2v) is 6.97. The summed E-state index contributed by atoms with van der Waals surface area (Å²) in [6.45, 7) is 5.78. The standard InChI is InChI=1S/C16H20N4OS/c1-3-14(22-8-1)11-19-9-13-10-20(6-7-21-15(13)12-19)16-17-4-2-5-18-16/h1-5,8,13,15H,6-7,9-12H2/t13-,15-/m1/s1. The summed E-state index contributed by atoms with van der Waals surface area (Å²) in [6.07, 6.45) is 3.96. The van der Waals surface area contributed by atoms with Crippen molar-refractivity contribution in [3.8, 4) is 0 Å². The highest BCUT2D eigenvalue weighted by Crippen LogP contribution is 2.26. The van der Waals surface area contributed by atoms with Crippen LogP contribution in [0.15, 0.2) is 36.0 Å². The molecule has 0 radical (unpaired) electrons. The van der Waals surface area contributed by atoms with Crippen LogP contribution in [0.25, 0.3) is 0 Å². The molecule has 2 aliphatic rings. The summed E-state index contributed by atoms with van der Waals surface area (Å²) in [5.41, 5.74) is 0. The molecule has 116 valence electrons. The minimum atomic E-state index is 0.341. The average Bonchev–Trinajstić information content (AvgIpc) is 3.14. The Morgan fingerprint density at radius 3 is 2.91 bits per heavy atom. The van der Waals surface area contributed by atoms with Crippen LogP contribution in [0.2, 0.25) is 0 Å². The van der Waals surface area contributed by atoms with Gasteiger partial charge in [0.05, 0.1) is 12.7 Å². The van der Waals surface area contributed by atoms with E-state index in [1.54, 1.807) is 0 Å². The molecule has 4 heterocycles. The maximum Gasteiger partial charge on any atom is 0.225 e. The number of hydrogen-bond donors (Lipinski definition) is 0. The molecule has 4 rings (SSSR count). The molecule has 2 aromatic heterocycles. The molecular formula is C16H20N4OS. The molecule has 0 saturated carbocycles. The topological polar surface area (TPSA) is 41.5 Å². The molecule has 2 atom stereocenters. The van der Waals surface area contributed by atoms with E-state index in [1.165, 1.54) is 4.88 Å². The van der Waals surface area contributed by atoms with E-state index in [4.69, 9.17) is 4.74 Å². The summed E-state index contributed by atoms with van der Waals surface area (Å²) in [4.78, 5) is 15.0. The molecule has 0 aliphatic carbocycles. The van der Waals surface area contributed by atoms with Crippen LogP contribution in [0.4, 0.5) is 5.95 Å². The Labute approximate surface area is 134 Å². The lowest BCUT2D eigenvalue weighted by Crippen LogP contribution is -2.33. The van der Waals surface area contributed by atoms with Crippen LogP contribution in [0.3, 0.4) is 0 Å². The molecule has 22 heavy (non-hydrogen) atoms. The van der Waals surface area contributed by atoms with Gasteiger partial charge in [-0.1, -0.05) is 6.07 Å². The minimum Gasteiger partial charge on any atom is -0.375 e. The summed E-state index contributed by atoms with van der Waals surface area (Å²) in [5, 5.41) is 2.15. The van der Waals surface area contributed by atoms with Crippen LogP contribution in [-0.4, -0.2) is 53.8 Å². The average molecular weight is 316 g/mol. The van der Waals surface area contributed by atoms with Gasteiger partial charge in [-0.2, -0.15) is 0 Å². The van der Waals surface area contributed by atoms with Gasteiger partial charge in [0.1, 0.15) is 0 Å². The molecule has 0 bridgehead atoms. The van der Waals surface area contributed by atoms with E-state index < -0.39 is 0 Å². The normalized spacial score (nSPS) is 25.9. The first-order valence-corrected chi connectivity index (χ1v) is 8.65. The lowest BCUT2D eigenvalue weighted by atomic mass is 10.1. The number of fused-ring (bicyclic) bond motifs is 1. The first-order valence-electron chi connectivity index (χ1n) is 7.77. The van der Waals surface area contributed by atoms with E-state index in [1.807, 2.05) is 29.8 Å². The lowest BCUT2D eigenvalue weighted by molar-refractivity contribution is 0.0525. The van der Waals surface area contributed by atoms with Crippen molar-refractivity contribution in [3.63, 3.8) is 0 Å². The molecule has 0 aromatic carbocycles. The maximum atomic E-state index is 6.09. The van der Waals surface area contributed by atoms with E-state index in [9.17, 15) is 0 Å². The quantitative estimate of drug-likeness (QED) is 0.865. The van der Waals surface area contributed by atoms with E-state index >= 15 is 0 Å². The van der Waals surface area contributed by atoms with Crippen LogP contribution in [-0.2, 0) is 11.3 Å². The minimum absolute atomic E-state index is 0.341. The molecule has 2 aromatic rings. The number of aromatic nitrogens is 2. The first-order chi connectivity index (χ1) is 10.9. The SMILES string of the molecule is c1cnc(N2CCO[C@@H]3CN(Cc4cccs4)C[C@@H]3C2)nc1. The van der Waals surface area contributed by atoms with Crippen LogP contribution < -0.4 is 4.90 Å². The van der Waals surface area contributed by atoms with Crippen LogP contribution in [0.5, 0.6) is 0 Å². The fourth-order valence-corrected chi connectivity index (χ4v) is 4.11. The number of rotatable bonds is 3. The van der Waals surface area contributed by atoms with Crippen molar-refractivity contribution in [1.29, 1.82) is 0 Å². The van der Waals surface area contributed by atoms with Crippen LogP contribution in [0.1, 0.15) is 4.88 Å². The number of thiophene rings is 1. The van der Waals surface area contributed by atoms with Crippen molar-refractivity contribution in [2.24, 2.45) is 5.92 Å². The highest BCUT2D eigenvalue weighted by atomic mass is 32.1. The van der Waals surface area contributed by atoms with Gasteiger partial charge in [0.2, 0.25) is 5.95 Å². The summed E-state index contributed by atoms with van der Waals surface area (Å²) >= 11 is 1.83. The van der Waals surface area contributed by atoms with Crippen LogP contribution in [0, 0.1) is 5.92 Å². The number of ether oxygens (including phenoxy) is 1. The van der Waals surface area contributed by atoms with Gasteiger partial charge in [0, 0.05) is 55.9 Å². The second-order valence-electron chi connectivity index (χ2n) is 5.94. The van der Waals surface area contributed by atoms with Gasteiger partial charge in [-0.3, -0.25) is 4.90 Å². The smallest absolute Gasteiger partial charge is 0.225 e. The Kier molecular flexibility index (Phi) is 4.05. The number of likely N-dealkylation sites (tertiary alicyclic amines) is 1. The second kappa shape index (κ2) is 6.32. The van der Waals surface area contributed by atoms with Gasteiger partial charge >= 0.3 is 0 Å². The molecule has 2 saturated heterocycles. The molecule has 0 spiro atoms. The van der Waals surface area contributed by atoms with Gasteiger partial charge in [-0.15, -0.1) is 11.3 Å². The van der Waals surface area contributed by atoms with Crippen molar-refractivity contribution in [2.45, 2.75) is 12.6 Å². The zero-order chi connectivity index (χ0) is 14.8. The van der Waals surface area contributed by atoms with Crippen molar-refractivity contribution in [2.75, 3.05) is 37.7 Å². The van der Waals surface area contributed by atoms with Gasteiger partial charge in [0.25, 0.3) is 0 Å². The molecule has 0 N–H and O–H groups in total. The number of anilines is 1. The summed E-state index contributed by atoms with van der Waals surface area (Å²) in [7, 11) is 0. The molecule has 6 heteroatoms. The van der Waals surface area contributed by atoms with Crippen molar-refractivity contribution < 1.29 is 4.74 Å². The lowest BCUT2D eigenvalue weighted by Gasteiger charge is -2.23. The van der Waals surface area contributed by atoms with Crippen molar-refractivity contribution in [1.82, 2.24) is 14.9 Å². The fraction of sp³-hybridized carbons (Fsp3) is 0.500. The Bertz CT molecular complexity index is 591. The monoisotopic (exact) mass is 316 g/mol. The molecule has 0 unspecified atom stereocenters. The zero-order valence-electron chi connectivity index (χ0n) is 12.5. The van der Waals surface area contributed by atoms with E-state index in [0.717, 1.165) is 45.3 Å². The van der Waals surface area contributed by atoms with E-state index in [-0.39, 0.29) is 0 Å². The van der Waals surface area contributed by atoms with Gasteiger partial charge in [-0.05, 0) is 17.5 Å².